The van der Waals surface area contributed by atoms with Gasteiger partial charge in [0.05, 0.1) is 28.9 Å². The van der Waals surface area contributed by atoms with Gasteiger partial charge >= 0.3 is 5.97 Å². The number of pyridine rings is 1. The van der Waals surface area contributed by atoms with Crippen molar-refractivity contribution >= 4 is 27.2 Å². The molecule has 0 saturated carbocycles. The SMILES string of the molecule is CCOC(=O)c1cnn2ccc(NS(=O)(=O)c3ccc(CC)cc3)cc12. The topological polar surface area (TPSA) is 89.8 Å². The highest BCUT2D eigenvalue weighted by Crippen LogP contribution is 2.20. The van der Waals surface area contributed by atoms with Gasteiger partial charge in [-0.3, -0.25) is 4.72 Å². The van der Waals surface area contributed by atoms with Crippen molar-refractivity contribution in [3.05, 3.63) is 59.9 Å². The number of aromatic nitrogens is 2. The van der Waals surface area contributed by atoms with Gasteiger partial charge in [-0.25, -0.2) is 17.7 Å². The second-order valence-electron chi connectivity index (χ2n) is 5.63. The Hall–Kier alpha value is -2.87. The van der Waals surface area contributed by atoms with Crippen molar-refractivity contribution in [2.24, 2.45) is 0 Å². The fraction of sp³-hybridized carbons (Fsp3) is 0.222. The van der Waals surface area contributed by atoms with Crippen molar-refractivity contribution < 1.29 is 17.9 Å². The number of fused-ring (bicyclic) bond motifs is 1. The van der Waals surface area contributed by atoms with Gasteiger partial charge in [0.15, 0.2) is 0 Å². The minimum absolute atomic E-state index is 0.175. The van der Waals surface area contributed by atoms with Crippen LogP contribution in [0.3, 0.4) is 0 Å². The van der Waals surface area contributed by atoms with E-state index in [1.54, 1.807) is 49.5 Å². The molecule has 0 aliphatic heterocycles. The lowest BCUT2D eigenvalue weighted by molar-refractivity contribution is 0.0528. The average molecular weight is 373 g/mol. The van der Waals surface area contributed by atoms with Crippen LogP contribution < -0.4 is 4.72 Å². The molecule has 0 amide bonds. The Bertz CT molecular complexity index is 1040. The fourth-order valence-electron chi connectivity index (χ4n) is 2.53. The zero-order valence-electron chi connectivity index (χ0n) is 14.5. The molecule has 0 saturated heterocycles. The molecular formula is C18H19N3O4S. The molecule has 1 N–H and O–H groups in total. The maximum Gasteiger partial charge on any atom is 0.341 e. The van der Waals surface area contributed by atoms with Crippen LogP contribution >= 0.6 is 0 Å². The third-order valence-corrected chi connectivity index (χ3v) is 5.31. The average Bonchev–Trinajstić information content (AvgIpc) is 3.05. The number of rotatable bonds is 6. The monoisotopic (exact) mass is 373 g/mol. The second kappa shape index (κ2) is 7.17. The van der Waals surface area contributed by atoms with Crippen LogP contribution in [-0.4, -0.2) is 30.6 Å². The second-order valence-corrected chi connectivity index (χ2v) is 7.31. The number of nitrogens with zero attached hydrogens (tertiary/aromatic N) is 2. The molecule has 0 fully saturated rings. The summed E-state index contributed by atoms with van der Waals surface area (Å²) >= 11 is 0. The van der Waals surface area contributed by atoms with Crippen LogP contribution in [-0.2, 0) is 21.2 Å². The van der Waals surface area contributed by atoms with Crippen molar-refractivity contribution in [3.63, 3.8) is 0 Å². The number of hydrogen-bond donors (Lipinski definition) is 1. The molecule has 1 aromatic carbocycles. The van der Waals surface area contributed by atoms with Gasteiger partial charge in [0.2, 0.25) is 0 Å². The number of nitrogens with one attached hydrogen (secondary N) is 1. The Balaban J connectivity index is 1.92. The zero-order valence-corrected chi connectivity index (χ0v) is 15.3. The van der Waals surface area contributed by atoms with Gasteiger partial charge < -0.3 is 4.74 Å². The lowest BCUT2D eigenvalue weighted by Crippen LogP contribution is -2.13. The minimum atomic E-state index is -3.73. The van der Waals surface area contributed by atoms with Crippen molar-refractivity contribution in [2.75, 3.05) is 11.3 Å². The molecule has 0 radical (unpaired) electrons. The number of aryl methyl sites for hydroxylation is 1. The maximum absolute atomic E-state index is 12.6. The molecule has 26 heavy (non-hydrogen) atoms. The third-order valence-electron chi connectivity index (χ3n) is 3.91. The van der Waals surface area contributed by atoms with E-state index in [1.165, 1.54) is 10.7 Å². The highest BCUT2D eigenvalue weighted by atomic mass is 32.2. The largest absolute Gasteiger partial charge is 0.462 e. The molecule has 136 valence electrons. The zero-order chi connectivity index (χ0) is 18.7. The van der Waals surface area contributed by atoms with Crippen LogP contribution in [0, 0.1) is 0 Å². The predicted octanol–water partition coefficient (Wildman–Crippen LogP) is 2.87. The van der Waals surface area contributed by atoms with E-state index in [2.05, 4.69) is 9.82 Å². The summed E-state index contributed by atoms with van der Waals surface area (Å²) in [6.07, 6.45) is 3.81. The molecule has 0 unspecified atom stereocenters. The first-order chi connectivity index (χ1) is 12.4. The summed E-state index contributed by atoms with van der Waals surface area (Å²) in [6, 6.07) is 9.84. The van der Waals surface area contributed by atoms with E-state index in [-0.39, 0.29) is 17.1 Å². The number of sulfonamides is 1. The van der Waals surface area contributed by atoms with Gasteiger partial charge in [-0.2, -0.15) is 5.10 Å². The first-order valence-corrected chi connectivity index (χ1v) is 9.69. The van der Waals surface area contributed by atoms with E-state index in [0.29, 0.717) is 11.2 Å². The molecule has 0 spiro atoms. The van der Waals surface area contributed by atoms with Crippen molar-refractivity contribution in [1.82, 2.24) is 9.61 Å². The van der Waals surface area contributed by atoms with E-state index >= 15 is 0 Å². The van der Waals surface area contributed by atoms with E-state index in [9.17, 15) is 13.2 Å². The first kappa shape index (κ1) is 17.9. The molecular weight excluding hydrogens is 354 g/mol. The molecule has 7 nitrogen and oxygen atoms in total. The Labute approximate surface area is 151 Å². The normalized spacial score (nSPS) is 11.5. The number of anilines is 1. The van der Waals surface area contributed by atoms with Gasteiger partial charge in [0, 0.05) is 6.20 Å². The number of carbonyl (C=O) groups excluding carboxylic acids is 1. The van der Waals surface area contributed by atoms with Crippen LogP contribution in [0.2, 0.25) is 0 Å². The van der Waals surface area contributed by atoms with Gasteiger partial charge in [0.25, 0.3) is 10.0 Å². The predicted molar refractivity (Wildman–Crippen MR) is 97.8 cm³/mol. The molecule has 0 aliphatic rings. The molecule has 8 heteroatoms. The van der Waals surface area contributed by atoms with Crippen molar-refractivity contribution in [3.8, 4) is 0 Å². The van der Waals surface area contributed by atoms with Crippen LogP contribution in [0.25, 0.3) is 5.52 Å². The number of hydrogen-bond acceptors (Lipinski definition) is 5. The van der Waals surface area contributed by atoms with Gasteiger partial charge in [0.1, 0.15) is 5.56 Å². The number of benzene rings is 1. The van der Waals surface area contributed by atoms with E-state index in [1.807, 2.05) is 6.92 Å². The summed E-state index contributed by atoms with van der Waals surface area (Å²) in [6.45, 7) is 3.97. The molecule has 0 bridgehead atoms. The molecule has 2 heterocycles. The Kier molecular flexibility index (Phi) is 4.94. The Morgan fingerprint density at radius 3 is 2.58 bits per heavy atom. The lowest BCUT2D eigenvalue weighted by Gasteiger charge is -2.09. The van der Waals surface area contributed by atoms with Gasteiger partial charge in [-0.1, -0.05) is 19.1 Å². The summed E-state index contributed by atoms with van der Waals surface area (Å²) in [5.74, 6) is -0.502. The number of carbonyl (C=O) groups is 1. The molecule has 2 aromatic heterocycles. The van der Waals surface area contributed by atoms with E-state index < -0.39 is 16.0 Å². The van der Waals surface area contributed by atoms with Crippen molar-refractivity contribution in [1.29, 1.82) is 0 Å². The van der Waals surface area contributed by atoms with Crippen LogP contribution in [0.15, 0.2) is 53.7 Å². The van der Waals surface area contributed by atoms with Crippen LogP contribution in [0.4, 0.5) is 5.69 Å². The smallest absolute Gasteiger partial charge is 0.341 e. The fourth-order valence-corrected chi connectivity index (χ4v) is 3.58. The van der Waals surface area contributed by atoms with E-state index in [0.717, 1.165) is 12.0 Å². The summed E-state index contributed by atoms with van der Waals surface area (Å²) < 4.78 is 34.2. The standard InChI is InChI=1S/C18H19N3O4S/c1-3-13-5-7-15(8-6-13)26(23,24)20-14-9-10-21-17(11-14)16(12-19-21)18(22)25-4-2/h5-12,20H,3-4H2,1-2H3. The lowest BCUT2D eigenvalue weighted by atomic mass is 10.2. The van der Waals surface area contributed by atoms with Gasteiger partial charge in [-0.05, 0) is 43.2 Å². The van der Waals surface area contributed by atoms with E-state index in [4.69, 9.17) is 4.74 Å². The Morgan fingerprint density at radius 1 is 1.19 bits per heavy atom. The molecule has 0 aliphatic carbocycles. The minimum Gasteiger partial charge on any atom is -0.462 e. The van der Waals surface area contributed by atoms with Crippen LogP contribution in [0.5, 0.6) is 0 Å². The van der Waals surface area contributed by atoms with Crippen LogP contribution in [0.1, 0.15) is 29.8 Å². The number of esters is 1. The summed E-state index contributed by atoms with van der Waals surface area (Å²) in [5.41, 5.74) is 2.14. The summed E-state index contributed by atoms with van der Waals surface area (Å²) in [7, 11) is -3.73. The summed E-state index contributed by atoms with van der Waals surface area (Å²) in [4.78, 5) is 12.2. The first-order valence-electron chi connectivity index (χ1n) is 8.21. The molecule has 0 atom stereocenters. The molecule has 3 aromatic rings. The maximum atomic E-state index is 12.6. The number of ether oxygens (including phenoxy) is 1. The van der Waals surface area contributed by atoms with Crippen molar-refractivity contribution in [2.45, 2.75) is 25.2 Å². The highest BCUT2D eigenvalue weighted by Gasteiger charge is 2.17. The summed E-state index contributed by atoms with van der Waals surface area (Å²) in [5, 5.41) is 4.08. The third kappa shape index (κ3) is 3.55. The Morgan fingerprint density at radius 2 is 1.92 bits per heavy atom. The highest BCUT2D eigenvalue weighted by molar-refractivity contribution is 7.92. The molecule has 3 rings (SSSR count). The van der Waals surface area contributed by atoms with Gasteiger partial charge in [-0.15, -0.1) is 0 Å². The quantitative estimate of drug-likeness (QED) is 0.671.